The van der Waals surface area contributed by atoms with Crippen molar-refractivity contribution < 1.29 is 19.1 Å². The molecule has 0 spiro atoms. The van der Waals surface area contributed by atoms with E-state index in [9.17, 15) is 19.1 Å². The van der Waals surface area contributed by atoms with Crippen LogP contribution < -0.4 is 4.90 Å². The summed E-state index contributed by atoms with van der Waals surface area (Å²) in [7, 11) is 0. The molecule has 2 heterocycles. The molecule has 1 aromatic heterocycles. The zero-order valence-corrected chi connectivity index (χ0v) is 20.1. The summed E-state index contributed by atoms with van der Waals surface area (Å²) in [6, 6.07) is 12.4. The van der Waals surface area contributed by atoms with Gasteiger partial charge in [0.25, 0.3) is 11.7 Å². The lowest BCUT2D eigenvalue weighted by Crippen LogP contribution is -2.29. The predicted octanol–water partition coefficient (Wildman–Crippen LogP) is 6.43. The zero-order valence-electron chi connectivity index (χ0n) is 19.3. The van der Waals surface area contributed by atoms with Crippen LogP contribution in [-0.2, 0) is 15.0 Å². The van der Waals surface area contributed by atoms with Gasteiger partial charge < -0.3 is 5.11 Å². The van der Waals surface area contributed by atoms with Crippen LogP contribution in [0.5, 0.6) is 0 Å². The summed E-state index contributed by atoms with van der Waals surface area (Å²) in [5, 5.41) is 13.4. The summed E-state index contributed by atoms with van der Waals surface area (Å²) in [6.45, 7) is 9.99. The van der Waals surface area contributed by atoms with Gasteiger partial charge in [-0.1, -0.05) is 32.9 Å². The third kappa shape index (κ3) is 4.00. The number of hydrogen-bond donors (Lipinski definition) is 1. The second kappa shape index (κ2) is 8.27. The fourth-order valence-electron chi connectivity index (χ4n) is 4.10. The van der Waals surface area contributed by atoms with Crippen molar-refractivity contribution in [3.63, 3.8) is 0 Å². The third-order valence-electron chi connectivity index (χ3n) is 6.06. The smallest absolute Gasteiger partial charge is 0.300 e. The summed E-state index contributed by atoms with van der Waals surface area (Å²) in [5.41, 5.74) is 3.53. The van der Waals surface area contributed by atoms with E-state index in [1.165, 1.54) is 40.5 Å². The van der Waals surface area contributed by atoms with Crippen molar-refractivity contribution in [3.8, 4) is 0 Å². The summed E-state index contributed by atoms with van der Waals surface area (Å²) in [4.78, 5) is 28.6. The Morgan fingerprint density at radius 3 is 2.24 bits per heavy atom. The third-order valence-corrected chi connectivity index (χ3v) is 7.13. The van der Waals surface area contributed by atoms with Gasteiger partial charge in [-0.2, -0.15) is 0 Å². The molecule has 170 valence electrons. The number of aryl methyl sites for hydroxylation is 2. The van der Waals surface area contributed by atoms with Crippen molar-refractivity contribution in [1.29, 1.82) is 0 Å². The Labute approximate surface area is 197 Å². The Morgan fingerprint density at radius 2 is 1.67 bits per heavy atom. The molecular weight excluding hydrogens is 437 g/mol. The summed E-state index contributed by atoms with van der Waals surface area (Å²) >= 11 is 1.41. The highest BCUT2D eigenvalue weighted by Crippen LogP contribution is 2.45. The van der Waals surface area contributed by atoms with Crippen LogP contribution in [0.4, 0.5) is 10.1 Å². The van der Waals surface area contributed by atoms with Gasteiger partial charge in [-0.25, -0.2) is 4.39 Å². The molecular formula is C27H26FNO3S. The van der Waals surface area contributed by atoms with E-state index < -0.39 is 23.5 Å². The highest BCUT2D eigenvalue weighted by molar-refractivity contribution is 7.10. The maximum atomic E-state index is 13.6. The van der Waals surface area contributed by atoms with Gasteiger partial charge in [0.2, 0.25) is 0 Å². The molecule has 0 aliphatic carbocycles. The van der Waals surface area contributed by atoms with Crippen molar-refractivity contribution >= 4 is 34.5 Å². The van der Waals surface area contributed by atoms with E-state index in [1.807, 2.05) is 43.5 Å². The topological polar surface area (TPSA) is 57.6 Å². The Kier molecular flexibility index (Phi) is 5.74. The van der Waals surface area contributed by atoms with Crippen molar-refractivity contribution in [2.75, 3.05) is 4.90 Å². The molecule has 1 saturated heterocycles. The number of hydrogen-bond acceptors (Lipinski definition) is 4. The molecule has 6 heteroatoms. The lowest BCUT2D eigenvalue weighted by molar-refractivity contribution is -0.132. The van der Waals surface area contributed by atoms with Crippen LogP contribution in [-0.4, -0.2) is 16.8 Å². The number of benzene rings is 2. The van der Waals surface area contributed by atoms with Crippen LogP contribution in [0.25, 0.3) is 5.76 Å². The minimum absolute atomic E-state index is 0.0454. The maximum Gasteiger partial charge on any atom is 0.300 e. The molecule has 33 heavy (non-hydrogen) atoms. The molecule has 4 rings (SSSR count). The van der Waals surface area contributed by atoms with Crippen LogP contribution in [0.2, 0.25) is 0 Å². The highest BCUT2D eigenvalue weighted by atomic mass is 32.1. The van der Waals surface area contributed by atoms with Gasteiger partial charge >= 0.3 is 0 Å². The Hall–Kier alpha value is -3.25. The van der Waals surface area contributed by atoms with Gasteiger partial charge in [-0.3, -0.25) is 14.5 Å². The van der Waals surface area contributed by atoms with Crippen LogP contribution in [0.3, 0.4) is 0 Å². The van der Waals surface area contributed by atoms with E-state index in [2.05, 4.69) is 20.8 Å². The van der Waals surface area contributed by atoms with E-state index in [0.29, 0.717) is 11.3 Å². The number of aliphatic hydroxyl groups excluding tert-OH is 1. The number of ketones is 1. The van der Waals surface area contributed by atoms with Crippen LogP contribution in [0, 0.1) is 19.7 Å². The van der Waals surface area contributed by atoms with E-state index in [4.69, 9.17) is 0 Å². The monoisotopic (exact) mass is 463 g/mol. The average molecular weight is 464 g/mol. The average Bonchev–Trinajstić information content (AvgIpc) is 3.28. The van der Waals surface area contributed by atoms with Crippen molar-refractivity contribution in [1.82, 2.24) is 0 Å². The molecule has 0 saturated carbocycles. The Morgan fingerprint density at radius 1 is 1.00 bits per heavy atom. The van der Waals surface area contributed by atoms with Crippen LogP contribution in [0.15, 0.2) is 59.5 Å². The molecule has 1 amide bonds. The first-order valence-electron chi connectivity index (χ1n) is 10.7. The molecule has 3 aromatic rings. The number of anilines is 1. The first-order valence-corrected chi connectivity index (χ1v) is 11.6. The van der Waals surface area contributed by atoms with Gasteiger partial charge in [-0.05, 0) is 77.7 Å². The number of Topliss-reactive ketones (excluding diaryl/α,β-unsaturated/α-hetero) is 1. The number of rotatable bonds is 3. The van der Waals surface area contributed by atoms with Crippen molar-refractivity contribution in [3.05, 3.63) is 92.4 Å². The first-order chi connectivity index (χ1) is 15.5. The standard InChI is InChI=1S/C27H26FNO3S/c1-15-6-7-17(27(3,4)5)14-20(15)23(30)21-22(25-16(2)12-13-33-25)29(26(32)24(21)31)19-10-8-18(28)9-11-19/h6-14,22,30H,1-5H3/b23-21+. The largest absolute Gasteiger partial charge is 0.507 e. The first kappa shape index (κ1) is 22.9. The lowest BCUT2D eigenvalue weighted by atomic mass is 9.84. The number of amides is 1. The number of nitrogens with zero attached hydrogens (tertiary/aromatic N) is 1. The minimum Gasteiger partial charge on any atom is -0.507 e. The fraction of sp³-hybridized carbons (Fsp3) is 0.259. The SMILES string of the molecule is Cc1ccc(C(C)(C)C)cc1/C(O)=C1\C(=O)C(=O)N(c2ccc(F)cc2)C1c1sccc1C. The number of thiophene rings is 1. The number of carbonyl (C=O) groups is 2. The lowest BCUT2D eigenvalue weighted by Gasteiger charge is -2.25. The van der Waals surface area contributed by atoms with E-state index >= 15 is 0 Å². The van der Waals surface area contributed by atoms with Gasteiger partial charge in [0.05, 0.1) is 5.57 Å². The molecule has 1 unspecified atom stereocenters. The number of carbonyl (C=O) groups excluding carboxylic acids is 2. The Bertz CT molecular complexity index is 1280. The van der Waals surface area contributed by atoms with Gasteiger partial charge in [-0.15, -0.1) is 11.3 Å². The fourth-order valence-corrected chi connectivity index (χ4v) is 5.13. The molecule has 1 aliphatic heterocycles. The van der Waals surface area contributed by atoms with Gasteiger partial charge in [0.15, 0.2) is 0 Å². The van der Waals surface area contributed by atoms with Crippen molar-refractivity contribution in [2.24, 2.45) is 0 Å². The number of aliphatic hydroxyl groups is 1. The minimum atomic E-state index is -0.798. The molecule has 1 N–H and O–H groups in total. The summed E-state index contributed by atoms with van der Waals surface area (Å²) in [6.07, 6.45) is 0. The highest BCUT2D eigenvalue weighted by Gasteiger charge is 2.48. The van der Waals surface area contributed by atoms with Crippen LogP contribution in [0.1, 0.15) is 53.9 Å². The molecule has 2 aromatic carbocycles. The summed E-state index contributed by atoms with van der Waals surface area (Å²) in [5.74, 6) is -2.13. The molecule has 0 radical (unpaired) electrons. The molecule has 1 fully saturated rings. The van der Waals surface area contributed by atoms with E-state index in [-0.39, 0.29) is 16.7 Å². The maximum absolute atomic E-state index is 13.6. The molecule has 1 aliphatic rings. The molecule has 1 atom stereocenters. The van der Waals surface area contributed by atoms with Crippen molar-refractivity contribution in [2.45, 2.75) is 46.1 Å². The zero-order chi connectivity index (χ0) is 24.1. The quantitative estimate of drug-likeness (QED) is 0.277. The molecule has 4 nitrogen and oxygen atoms in total. The Balaban J connectivity index is 1.97. The van der Waals surface area contributed by atoms with E-state index in [0.717, 1.165) is 21.6 Å². The summed E-state index contributed by atoms with van der Waals surface area (Å²) < 4.78 is 13.6. The van der Waals surface area contributed by atoms with Gasteiger partial charge in [0, 0.05) is 16.1 Å². The number of halogens is 1. The van der Waals surface area contributed by atoms with Gasteiger partial charge in [0.1, 0.15) is 17.6 Å². The van der Waals surface area contributed by atoms with Crippen LogP contribution >= 0.6 is 11.3 Å². The normalized spacial score (nSPS) is 18.2. The predicted molar refractivity (Wildman–Crippen MR) is 130 cm³/mol. The second-order valence-corrected chi connectivity index (χ2v) is 10.3. The second-order valence-electron chi connectivity index (χ2n) is 9.39. The van der Waals surface area contributed by atoms with E-state index in [1.54, 1.807) is 0 Å². The molecule has 0 bridgehead atoms.